The van der Waals surface area contributed by atoms with E-state index in [0.717, 1.165) is 42.2 Å². The zero-order chi connectivity index (χ0) is 34.6. The van der Waals surface area contributed by atoms with Gasteiger partial charge >= 0.3 is 0 Å². The van der Waals surface area contributed by atoms with Crippen LogP contribution in [0.15, 0.2) is 95.5 Å². The molecule has 1 aliphatic rings. The number of ether oxygens (including phenoxy) is 2. The van der Waals surface area contributed by atoms with Gasteiger partial charge in [0.1, 0.15) is 23.0 Å². The highest BCUT2D eigenvalue weighted by molar-refractivity contribution is 9.10. The summed E-state index contributed by atoms with van der Waals surface area (Å²) in [6.45, 7) is 13.0. The number of amides is 2. The third-order valence-corrected chi connectivity index (χ3v) is 10.3. The molecule has 0 radical (unpaired) electrons. The number of hydrogen-bond donors (Lipinski definition) is 1. The molecular formula is C42H35BrN2O4. The van der Waals surface area contributed by atoms with Crippen LogP contribution in [0.1, 0.15) is 73.4 Å². The van der Waals surface area contributed by atoms with Gasteiger partial charge in [0.05, 0.1) is 11.1 Å². The summed E-state index contributed by atoms with van der Waals surface area (Å²) < 4.78 is 14.4. The molecule has 2 N–H and O–H groups in total. The van der Waals surface area contributed by atoms with E-state index in [9.17, 15) is 9.59 Å². The fourth-order valence-corrected chi connectivity index (χ4v) is 7.52. The van der Waals surface area contributed by atoms with Crippen molar-refractivity contribution in [1.82, 2.24) is 5.01 Å². The van der Waals surface area contributed by atoms with Crippen LogP contribution in [-0.2, 0) is 10.8 Å². The van der Waals surface area contributed by atoms with Gasteiger partial charge in [-0.1, -0.05) is 106 Å². The van der Waals surface area contributed by atoms with Crippen LogP contribution in [-0.4, -0.2) is 16.8 Å². The second-order valence-corrected chi connectivity index (χ2v) is 15.8. The third kappa shape index (κ3) is 4.86. The molecule has 7 heteroatoms. The Morgan fingerprint density at radius 1 is 0.551 bits per heavy atom. The van der Waals surface area contributed by atoms with Crippen molar-refractivity contribution >= 4 is 70.8 Å². The molecule has 2 amide bonds. The van der Waals surface area contributed by atoms with Crippen LogP contribution in [0.2, 0.25) is 0 Å². The van der Waals surface area contributed by atoms with Gasteiger partial charge < -0.3 is 9.47 Å². The second kappa shape index (κ2) is 10.8. The van der Waals surface area contributed by atoms with Crippen molar-refractivity contribution in [3.8, 4) is 23.0 Å². The summed E-state index contributed by atoms with van der Waals surface area (Å²) in [5.41, 5.74) is 2.90. The van der Waals surface area contributed by atoms with Gasteiger partial charge in [-0.05, 0) is 86.0 Å². The quantitative estimate of drug-likeness (QED) is 0.0646. The molecule has 8 rings (SSSR count). The zero-order valence-corrected chi connectivity index (χ0v) is 29.8. The molecule has 0 fully saturated rings. The average molecular weight is 712 g/mol. The molecule has 6 nitrogen and oxygen atoms in total. The SMILES string of the molecule is CC(C)(C)c1ccc(Oc2cc3c4c(cc(Oc5ccc(C(C)(C)C)cc5)c5c6ccc(Br)c7cccc(c2c45)c76)C(=O)N(N)C3=O)cc1. The maximum Gasteiger partial charge on any atom is 0.275 e. The molecule has 0 atom stereocenters. The first kappa shape index (κ1) is 31.3. The molecule has 0 aliphatic carbocycles. The first-order chi connectivity index (χ1) is 23.2. The maximum atomic E-state index is 13.8. The number of hydrazine groups is 1. The lowest BCUT2D eigenvalue weighted by molar-refractivity contribution is 0.0609. The number of benzene rings is 7. The van der Waals surface area contributed by atoms with Crippen molar-refractivity contribution in [3.05, 3.63) is 118 Å². The topological polar surface area (TPSA) is 81.9 Å². The van der Waals surface area contributed by atoms with Crippen molar-refractivity contribution in [1.29, 1.82) is 0 Å². The first-order valence-corrected chi connectivity index (χ1v) is 17.1. The molecule has 7 aromatic carbocycles. The Balaban J connectivity index is 1.49. The number of fused-ring (bicyclic) bond motifs is 2. The van der Waals surface area contributed by atoms with Crippen molar-refractivity contribution in [3.63, 3.8) is 0 Å². The number of halogens is 1. The second-order valence-electron chi connectivity index (χ2n) is 14.9. The summed E-state index contributed by atoms with van der Waals surface area (Å²) >= 11 is 3.78. The van der Waals surface area contributed by atoms with Gasteiger partial charge in [0, 0.05) is 26.0 Å². The number of carbonyl (C=O) groups excluding carboxylic acids is 2. The van der Waals surface area contributed by atoms with Crippen LogP contribution < -0.4 is 15.3 Å². The van der Waals surface area contributed by atoms with E-state index in [-0.39, 0.29) is 10.8 Å². The number of hydrogen-bond acceptors (Lipinski definition) is 5. The lowest BCUT2D eigenvalue weighted by Crippen LogP contribution is -2.45. The van der Waals surface area contributed by atoms with E-state index >= 15 is 0 Å². The Hall–Kier alpha value is -4.98. The van der Waals surface area contributed by atoms with E-state index in [1.807, 2.05) is 36.4 Å². The summed E-state index contributed by atoms with van der Waals surface area (Å²) in [4.78, 5) is 27.5. The van der Waals surface area contributed by atoms with Crippen LogP contribution >= 0.6 is 15.9 Å². The van der Waals surface area contributed by atoms with Crippen molar-refractivity contribution in [2.45, 2.75) is 52.4 Å². The largest absolute Gasteiger partial charge is 0.457 e. The van der Waals surface area contributed by atoms with Gasteiger partial charge in [-0.15, -0.1) is 0 Å². The minimum atomic E-state index is -0.589. The lowest BCUT2D eigenvalue weighted by atomic mass is 9.84. The van der Waals surface area contributed by atoms with E-state index in [2.05, 4.69) is 99.9 Å². The third-order valence-electron chi connectivity index (χ3n) is 9.65. The van der Waals surface area contributed by atoms with E-state index in [0.29, 0.717) is 44.5 Å². The lowest BCUT2D eigenvalue weighted by Gasteiger charge is -2.28. The molecule has 1 aliphatic heterocycles. The van der Waals surface area contributed by atoms with Crippen molar-refractivity contribution in [2.24, 2.45) is 5.84 Å². The predicted octanol–water partition coefficient (Wildman–Crippen LogP) is 11.1. The summed E-state index contributed by atoms with van der Waals surface area (Å²) in [5, 5.41) is 7.41. The Bertz CT molecular complexity index is 2370. The Morgan fingerprint density at radius 2 is 1.00 bits per heavy atom. The number of nitrogens with two attached hydrogens (primary N) is 1. The highest BCUT2D eigenvalue weighted by atomic mass is 79.9. The van der Waals surface area contributed by atoms with Crippen molar-refractivity contribution < 1.29 is 19.1 Å². The Morgan fingerprint density at radius 3 is 1.47 bits per heavy atom. The molecule has 7 aromatic rings. The van der Waals surface area contributed by atoms with Crippen LogP contribution in [0, 0.1) is 0 Å². The fourth-order valence-electron chi connectivity index (χ4n) is 7.06. The van der Waals surface area contributed by atoms with Gasteiger partial charge in [-0.25, -0.2) is 10.9 Å². The summed E-state index contributed by atoms with van der Waals surface area (Å²) in [5.74, 6) is 7.20. The molecule has 49 heavy (non-hydrogen) atoms. The maximum absolute atomic E-state index is 13.8. The van der Waals surface area contributed by atoms with Gasteiger partial charge in [0.25, 0.3) is 11.8 Å². The standard InChI is InChI=1S/C42H35BrN2O4/c1-41(2,3)22-10-14-24(15-11-22)48-32-20-29-35-30(40(47)45(44)39(29)46)21-33(49-25-16-12-23(13-17-25)42(4,5)6)37-28-18-19-31(43)26-8-7-9-27(34(26)28)36(32)38(35)37/h7-21H,44H2,1-6H3. The molecule has 0 spiro atoms. The van der Waals surface area contributed by atoms with Crippen LogP contribution in [0.25, 0.3) is 43.1 Å². The molecule has 1 heterocycles. The molecule has 0 bridgehead atoms. The minimum absolute atomic E-state index is 0.0251. The van der Waals surface area contributed by atoms with E-state index in [1.54, 1.807) is 12.1 Å². The molecule has 0 unspecified atom stereocenters. The van der Waals surface area contributed by atoms with E-state index < -0.39 is 11.8 Å². The van der Waals surface area contributed by atoms with Crippen LogP contribution in [0.4, 0.5) is 0 Å². The highest BCUT2D eigenvalue weighted by Gasteiger charge is 2.36. The molecule has 244 valence electrons. The van der Waals surface area contributed by atoms with Gasteiger partial charge in [-0.3, -0.25) is 9.59 Å². The first-order valence-electron chi connectivity index (χ1n) is 16.3. The van der Waals surface area contributed by atoms with Crippen LogP contribution in [0.5, 0.6) is 23.0 Å². The number of rotatable bonds is 4. The Kier molecular flexibility index (Phi) is 6.87. The van der Waals surface area contributed by atoms with Crippen molar-refractivity contribution in [2.75, 3.05) is 0 Å². The molecule has 0 aromatic heterocycles. The molecule has 0 saturated carbocycles. The molecular weight excluding hydrogens is 676 g/mol. The fraction of sp³-hybridized carbons (Fsp3) is 0.190. The van der Waals surface area contributed by atoms with Gasteiger partial charge in [0.2, 0.25) is 0 Å². The average Bonchev–Trinajstić information content (AvgIpc) is 3.06. The number of imide groups is 1. The minimum Gasteiger partial charge on any atom is -0.457 e. The smallest absolute Gasteiger partial charge is 0.275 e. The van der Waals surface area contributed by atoms with E-state index in [4.69, 9.17) is 15.3 Å². The predicted molar refractivity (Wildman–Crippen MR) is 200 cm³/mol. The summed E-state index contributed by atoms with van der Waals surface area (Å²) in [6.07, 6.45) is 0. The van der Waals surface area contributed by atoms with Gasteiger partial charge in [0.15, 0.2) is 0 Å². The highest BCUT2D eigenvalue weighted by Crippen LogP contribution is 2.52. The summed E-state index contributed by atoms with van der Waals surface area (Å²) in [6, 6.07) is 29.7. The van der Waals surface area contributed by atoms with Gasteiger partial charge in [-0.2, -0.15) is 0 Å². The van der Waals surface area contributed by atoms with E-state index in [1.165, 1.54) is 11.1 Å². The zero-order valence-electron chi connectivity index (χ0n) is 28.2. The summed E-state index contributed by atoms with van der Waals surface area (Å²) in [7, 11) is 0. The normalized spacial score (nSPS) is 13.8. The number of carbonyl (C=O) groups is 2. The van der Waals surface area contributed by atoms with Crippen LogP contribution in [0.3, 0.4) is 0 Å². The number of nitrogens with zero attached hydrogens (tertiary/aromatic N) is 1. The Labute approximate surface area is 292 Å². The monoisotopic (exact) mass is 710 g/mol. The molecule has 0 saturated heterocycles.